The van der Waals surface area contributed by atoms with E-state index in [0.29, 0.717) is 27.2 Å². The van der Waals surface area contributed by atoms with Gasteiger partial charge in [-0.15, -0.1) is 0 Å². The number of nitrogens with one attached hydrogen (secondary N) is 2. The van der Waals surface area contributed by atoms with E-state index >= 15 is 0 Å². The van der Waals surface area contributed by atoms with Crippen molar-refractivity contribution in [2.24, 2.45) is 5.41 Å². The fourth-order valence-corrected chi connectivity index (χ4v) is 5.87. The topological polar surface area (TPSA) is 61.4 Å². The zero-order valence-electron chi connectivity index (χ0n) is 19.3. The van der Waals surface area contributed by atoms with Crippen LogP contribution in [0, 0.1) is 5.41 Å². The fourth-order valence-electron chi connectivity index (χ4n) is 5.39. The van der Waals surface area contributed by atoms with E-state index in [2.05, 4.69) is 31.4 Å². The van der Waals surface area contributed by atoms with Crippen LogP contribution in [0.4, 0.5) is 5.69 Å². The van der Waals surface area contributed by atoms with Gasteiger partial charge in [0.15, 0.2) is 0 Å². The Bertz CT molecular complexity index is 1130. The molecule has 2 aromatic rings. The lowest BCUT2D eigenvalue weighted by Gasteiger charge is -2.37. The van der Waals surface area contributed by atoms with Gasteiger partial charge in [-0.3, -0.25) is 9.59 Å². The maximum Gasteiger partial charge on any atom is 0.239 e. The zero-order valence-corrected chi connectivity index (χ0v) is 21.6. The maximum absolute atomic E-state index is 14.0. The molecular weight excluding hydrogens is 481 g/mol. The minimum atomic E-state index is -1.03. The number of rotatable bonds is 3. The van der Waals surface area contributed by atoms with Gasteiger partial charge in [0.2, 0.25) is 11.8 Å². The quantitative estimate of drug-likeness (QED) is 0.577. The van der Waals surface area contributed by atoms with Crippen molar-refractivity contribution in [3.8, 4) is 0 Å². The van der Waals surface area contributed by atoms with Crippen LogP contribution in [0.5, 0.6) is 0 Å². The summed E-state index contributed by atoms with van der Waals surface area (Å²) >= 11 is 18.9. The second-order valence-corrected chi connectivity index (χ2v) is 11.6. The largest absolute Gasteiger partial charge is 0.347 e. The molecular formula is C25H28Cl3N3O2. The van der Waals surface area contributed by atoms with E-state index in [4.69, 9.17) is 34.8 Å². The third kappa shape index (κ3) is 4.03. The molecule has 8 heteroatoms. The summed E-state index contributed by atoms with van der Waals surface area (Å²) < 4.78 is 0. The second-order valence-electron chi connectivity index (χ2n) is 10.4. The average molecular weight is 509 g/mol. The minimum Gasteiger partial charge on any atom is -0.347 e. The van der Waals surface area contributed by atoms with Crippen molar-refractivity contribution in [2.45, 2.75) is 50.6 Å². The van der Waals surface area contributed by atoms with Crippen molar-refractivity contribution in [2.75, 3.05) is 19.4 Å². The number of anilines is 1. The molecule has 2 heterocycles. The molecule has 0 bridgehead atoms. The normalized spacial score (nSPS) is 26.4. The lowest BCUT2D eigenvalue weighted by Crippen LogP contribution is -2.49. The predicted octanol–water partition coefficient (Wildman–Crippen LogP) is 5.49. The summed E-state index contributed by atoms with van der Waals surface area (Å²) in [6.45, 7) is 6.40. The van der Waals surface area contributed by atoms with Gasteiger partial charge in [0.05, 0.1) is 16.1 Å². The maximum atomic E-state index is 14.0. The molecule has 0 aliphatic carbocycles. The number of benzene rings is 2. The Morgan fingerprint density at radius 2 is 1.76 bits per heavy atom. The van der Waals surface area contributed by atoms with E-state index in [1.165, 1.54) is 0 Å². The van der Waals surface area contributed by atoms with E-state index in [1.807, 2.05) is 12.1 Å². The van der Waals surface area contributed by atoms with Crippen LogP contribution in [0.15, 0.2) is 36.4 Å². The van der Waals surface area contributed by atoms with E-state index in [-0.39, 0.29) is 23.3 Å². The highest BCUT2D eigenvalue weighted by Crippen LogP contribution is 2.57. The summed E-state index contributed by atoms with van der Waals surface area (Å²) in [5.74, 6) is -0.749. The molecule has 2 N–H and O–H groups in total. The van der Waals surface area contributed by atoms with Gasteiger partial charge >= 0.3 is 0 Å². The molecule has 0 aromatic heterocycles. The molecule has 2 aliphatic rings. The smallest absolute Gasteiger partial charge is 0.239 e. The molecule has 176 valence electrons. The summed E-state index contributed by atoms with van der Waals surface area (Å²) in [5.41, 5.74) is 1.17. The first-order chi connectivity index (χ1) is 15.4. The highest BCUT2D eigenvalue weighted by molar-refractivity contribution is 6.42. The second kappa shape index (κ2) is 8.46. The van der Waals surface area contributed by atoms with E-state index in [0.717, 1.165) is 11.1 Å². The molecule has 0 saturated carbocycles. The number of hydrogen-bond acceptors (Lipinski definition) is 3. The van der Waals surface area contributed by atoms with Gasteiger partial charge < -0.3 is 15.5 Å². The monoisotopic (exact) mass is 507 g/mol. The Labute approximate surface area is 209 Å². The SMILES string of the molecule is CN(C)C(=O)[C@@H]1N[C@H](CC(C)(C)C)[C@]2(C(=O)Nc3cc(Cl)ccc32)[C@H]1c1ccc(Cl)c(Cl)c1. The molecule has 1 fully saturated rings. The van der Waals surface area contributed by atoms with E-state index < -0.39 is 17.4 Å². The van der Waals surface area contributed by atoms with Crippen molar-refractivity contribution in [3.63, 3.8) is 0 Å². The Hall–Kier alpha value is -1.79. The van der Waals surface area contributed by atoms with Gasteiger partial charge in [-0.05, 0) is 47.2 Å². The predicted molar refractivity (Wildman–Crippen MR) is 134 cm³/mol. The summed E-state index contributed by atoms with van der Waals surface area (Å²) in [5, 5.41) is 7.97. The van der Waals surface area contributed by atoms with Crippen LogP contribution in [-0.4, -0.2) is 42.9 Å². The van der Waals surface area contributed by atoms with Gasteiger partial charge in [0.25, 0.3) is 0 Å². The third-order valence-electron chi connectivity index (χ3n) is 6.63. The summed E-state index contributed by atoms with van der Waals surface area (Å²) in [4.78, 5) is 29.0. The molecule has 4 atom stereocenters. The first-order valence-electron chi connectivity index (χ1n) is 10.9. The van der Waals surface area contributed by atoms with Crippen LogP contribution in [-0.2, 0) is 15.0 Å². The van der Waals surface area contributed by atoms with Crippen molar-refractivity contribution < 1.29 is 9.59 Å². The third-order valence-corrected chi connectivity index (χ3v) is 7.61. The number of fused-ring (bicyclic) bond motifs is 2. The van der Waals surface area contributed by atoms with Crippen molar-refractivity contribution in [1.82, 2.24) is 10.2 Å². The highest BCUT2D eigenvalue weighted by Gasteiger charge is 2.65. The molecule has 2 aliphatic heterocycles. The van der Waals surface area contributed by atoms with Crippen LogP contribution in [0.2, 0.25) is 15.1 Å². The Morgan fingerprint density at radius 3 is 2.36 bits per heavy atom. The molecule has 2 aromatic carbocycles. The Balaban J connectivity index is 2.02. The molecule has 2 amide bonds. The number of carbonyl (C=O) groups excluding carboxylic acids is 2. The van der Waals surface area contributed by atoms with Gasteiger partial charge in [-0.2, -0.15) is 0 Å². The number of carbonyl (C=O) groups is 2. The van der Waals surface area contributed by atoms with Crippen molar-refractivity contribution in [1.29, 1.82) is 0 Å². The molecule has 1 spiro atoms. The van der Waals surface area contributed by atoms with Crippen LogP contribution in [0.3, 0.4) is 0 Å². The van der Waals surface area contributed by atoms with Crippen LogP contribution in [0.25, 0.3) is 0 Å². The zero-order chi connectivity index (χ0) is 24.3. The lowest BCUT2D eigenvalue weighted by atomic mass is 9.62. The van der Waals surface area contributed by atoms with Gasteiger partial charge in [-0.1, -0.05) is 67.7 Å². The Morgan fingerprint density at radius 1 is 1.06 bits per heavy atom. The molecule has 33 heavy (non-hydrogen) atoms. The molecule has 0 unspecified atom stereocenters. The minimum absolute atomic E-state index is 0.0988. The first kappa shape index (κ1) is 24.3. The van der Waals surface area contributed by atoms with Gasteiger partial charge in [-0.25, -0.2) is 0 Å². The van der Waals surface area contributed by atoms with E-state index in [1.54, 1.807) is 43.3 Å². The van der Waals surface area contributed by atoms with E-state index in [9.17, 15) is 9.59 Å². The number of halogens is 3. The summed E-state index contributed by atoms with van der Waals surface area (Å²) in [6, 6.07) is 9.89. The standard InChI is InChI=1S/C25H28Cl3N3O2/c1-24(2,3)12-19-25(15-8-7-14(26)11-18(15)29-23(25)33)20(21(30-19)22(32)31(4)5)13-6-9-16(27)17(28)10-13/h6-11,19-21,30H,12H2,1-5H3,(H,29,33)/t19-,20+,21-,25+/m1/s1. The molecule has 4 rings (SSSR count). The van der Waals surface area contributed by atoms with Crippen LogP contribution in [0.1, 0.15) is 44.2 Å². The fraction of sp³-hybridized carbons (Fsp3) is 0.440. The van der Waals surface area contributed by atoms with Crippen LogP contribution < -0.4 is 10.6 Å². The number of amides is 2. The number of likely N-dealkylation sites (N-methyl/N-ethyl adjacent to an activating group) is 1. The first-order valence-corrected chi connectivity index (χ1v) is 12.0. The van der Waals surface area contributed by atoms with Crippen molar-refractivity contribution in [3.05, 3.63) is 62.6 Å². The number of nitrogens with zero attached hydrogens (tertiary/aromatic N) is 1. The van der Waals surface area contributed by atoms with Gasteiger partial charge in [0.1, 0.15) is 5.41 Å². The van der Waals surface area contributed by atoms with Crippen LogP contribution >= 0.6 is 34.8 Å². The number of hydrogen-bond donors (Lipinski definition) is 2. The lowest BCUT2D eigenvalue weighted by molar-refractivity contribution is -0.131. The average Bonchev–Trinajstić information content (AvgIpc) is 3.17. The summed E-state index contributed by atoms with van der Waals surface area (Å²) in [6.07, 6.45) is 0.678. The summed E-state index contributed by atoms with van der Waals surface area (Å²) in [7, 11) is 3.45. The van der Waals surface area contributed by atoms with Gasteiger partial charge in [0, 0.05) is 36.8 Å². The van der Waals surface area contributed by atoms with Crippen molar-refractivity contribution >= 4 is 52.3 Å². The molecule has 1 saturated heterocycles. The molecule has 5 nitrogen and oxygen atoms in total. The Kier molecular flexibility index (Phi) is 6.24. The highest BCUT2D eigenvalue weighted by atomic mass is 35.5. The molecule has 0 radical (unpaired) electrons.